The van der Waals surface area contributed by atoms with Gasteiger partial charge in [0, 0.05) is 22.3 Å². The van der Waals surface area contributed by atoms with Gasteiger partial charge in [0.2, 0.25) is 5.91 Å². The Kier molecular flexibility index (Phi) is 6.91. The summed E-state index contributed by atoms with van der Waals surface area (Å²) in [5, 5.41) is 3.81. The molecule has 0 aliphatic heterocycles. The molecule has 1 N–H and O–H groups in total. The fraction of sp³-hybridized carbons (Fsp3) is 0.250. The minimum Gasteiger partial charge on any atom is -0.495 e. The van der Waals surface area contributed by atoms with Crippen molar-refractivity contribution in [3.63, 3.8) is 0 Å². The Hall–Kier alpha value is -1.97. The molecule has 5 heteroatoms. The average Bonchev–Trinajstić information content (AvgIpc) is 2.59. The van der Waals surface area contributed by atoms with Crippen molar-refractivity contribution in [2.45, 2.75) is 26.2 Å². The predicted molar refractivity (Wildman–Crippen MR) is 106 cm³/mol. The van der Waals surface area contributed by atoms with Crippen LogP contribution < -0.4 is 10.1 Å². The Balaban J connectivity index is 2.20. The molecular weight excluding hydrogens is 357 g/mol. The van der Waals surface area contributed by atoms with Crippen molar-refractivity contribution in [3.05, 3.63) is 63.6 Å². The fourth-order valence-corrected chi connectivity index (χ4v) is 3.11. The minimum absolute atomic E-state index is 0.228. The second kappa shape index (κ2) is 8.93. The molecule has 0 saturated carbocycles. The molecule has 2 rings (SSSR count). The number of hydrogen-bond acceptors (Lipinski definition) is 2. The topological polar surface area (TPSA) is 38.3 Å². The first-order valence-corrected chi connectivity index (χ1v) is 8.82. The van der Waals surface area contributed by atoms with Crippen LogP contribution in [0.1, 0.15) is 37.3 Å². The quantitative estimate of drug-likeness (QED) is 0.611. The van der Waals surface area contributed by atoms with Gasteiger partial charge in [0.15, 0.2) is 0 Å². The monoisotopic (exact) mass is 377 g/mol. The van der Waals surface area contributed by atoms with Gasteiger partial charge in [0.25, 0.3) is 0 Å². The zero-order valence-corrected chi connectivity index (χ0v) is 16.0. The molecule has 1 atom stereocenters. The van der Waals surface area contributed by atoms with Gasteiger partial charge in [-0.1, -0.05) is 55.2 Å². The number of anilines is 1. The molecule has 0 aromatic heterocycles. The second-order valence-electron chi connectivity index (χ2n) is 5.73. The van der Waals surface area contributed by atoms with Crippen molar-refractivity contribution in [1.82, 2.24) is 0 Å². The van der Waals surface area contributed by atoms with E-state index < -0.39 is 0 Å². The van der Waals surface area contributed by atoms with Gasteiger partial charge in [-0.25, -0.2) is 0 Å². The van der Waals surface area contributed by atoms with E-state index in [2.05, 4.69) is 19.2 Å². The summed E-state index contributed by atoms with van der Waals surface area (Å²) in [5.41, 5.74) is 2.59. The highest BCUT2D eigenvalue weighted by atomic mass is 35.5. The largest absolute Gasteiger partial charge is 0.495 e. The van der Waals surface area contributed by atoms with E-state index in [0.29, 0.717) is 27.3 Å². The summed E-state index contributed by atoms with van der Waals surface area (Å²) in [6, 6.07) is 11.1. The van der Waals surface area contributed by atoms with Crippen molar-refractivity contribution in [2.75, 3.05) is 12.4 Å². The summed E-state index contributed by atoms with van der Waals surface area (Å²) in [7, 11) is 1.52. The molecule has 0 bridgehead atoms. The summed E-state index contributed by atoms with van der Waals surface area (Å²) in [6.07, 6.45) is 4.08. The van der Waals surface area contributed by atoms with E-state index in [1.54, 1.807) is 18.2 Å². The van der Waals surface area contributed by atoms with Crippen LogP contribution in [-0.2, 0) is 4.79 Å². The molecule has 0 aliphatic carbocycles. The lowest BCUT2D eigenvalue weighted by molar-refractivity contribution is -0.111. The number of amides is 1. The van der Waals surface area contributed by atoms with Gasteiger partial charge < -0.3 is 10.1 Å². The lowest BCUT2D eigenvalue weighted by Crippen LogP contribution is -2.10. The summed E-state index contributed by atoms with van der Waals surface area (Å²) in [4.78, 5) is 12.3. The van der Waals surface area contributed by atoms with Crippen LogP contribution in [0.15, 0.2) is 42.5 Å². The number of benzene rings is 2. The van der Waals surface area contributed by atoms with E-state index in [1.165, 1.54) is 13.2 Å². The zero-order chi connectivity index (χ0) is 18.4. The van der Waals surface area contributed by atoms with Gasteiger partial charge in [0.05, 0.1) is 12.1 Å². The van der Waals surface area contributed by atoms with Crippen LogP contribution in [0.5, 0.6) is 5.75 Å². The number of carbonyl (C=O) groups is 1. The van der Waals surface area contributed by atoms with Crippen molar-refractivity contribution >= 4 is 40.9 Å². The van der Waals surface area contributed by atoms with E-state index in [0.717, 1.165) is 17.7 Å². The second-order valence-corrected chi connectivity index (χ2v) is 6.57. The van der Waals surface area contributed by atoms with Crippen molar-refractivity contribution in [2.24, 2.45) is 0 Å². The van der Waals surface area contributed by atoms with Gasteiger partial charge in [-0.3, -0.25) is 4.79 Å². The first kappa shape index (κ1) is 19.4. The molecule has 0 unspecified atom stereocenters. The highest BCUT2D eigenvalue weighted by Crippen LogP contribution is 2.33. The van der Waals surface area contributed by atoms with Crippen LogP contribution in [0.3, 0.4) is 0 Å². The number of rotatable bonds is 6. The standard InChI is InChI=1S/C20H21Cl2NO2/c1-4-13(2)16-7-5-6-8-18(16)23-19(24)10-9-14-11-15(21)12-17(22)20(14)25-3/h5-13H,4H2,1-3H3,(H,23,24)/b10-9+/t13-/m0/s1. The normalized spacial score (nSPS) is 12.2. The third-order valence-electron chi connectivity index (χ3n) is 4.02. The van der Waals surface area contributed by atoms with E-state index in [-0.39, 0.29) is 5.91 Å². The number of methoxy groups -OCH3 is 1. The number of carbonyl (C=O) groups excluding carboxylic acids is 1. The van der Waals surface area contributed by atoms with E-state index in [4.69, 9.17) is 27.9 Å². The van der Waals surface area contributed by atoms with E-state index in [9.17, 15) is 4.79 Å². The molecule has 132 valence electrons. The highest BCUT2D eigenvalue weighted by Gasteiger charge is 2.11. The molecule has 0 fully saturated rings. The Bertz CT molecular complexity index is 787. The molecule has 0 spiro atoms. The Morgan fingerprint density at radius 2 is 2.00 bits per heavy atom. The fourth-order valence-electron chi connectivity index (χ4n) is 2.52. The molecule has 3 nitrogen and oxygen atoms in total. The first-order valence-electron chi connectivity index (χ1n) is 8.07. The summed E-state index contributed by atoms with van der Waals surface area (Å²) in [5.74, 6) is 0.622. The molecule has 0 saturated heterocycles. The Labute approximate surface area is 158 Å². The maximum atomic E-state index is 12.3. The van der Waals surface area contributed by atoms with Crippen molar-refractivity contribution in [1.29, 1.82) is 0 Å². The van der Waals surface area contributed by atoms with Crippen LogP contribution >= 0.6 is 23.2 Å². The van der Waals surface area contributed by atoms with Crippen LogP contribution in [0, 0.1) is 0 Å². The smallest absolute Gasteiger partial charge is 0.248 e. The number of hydrogen-bond donors (Lipinski definition) is 1. The SMILES string of the molecule is CC[C@H](C)c1ccccc1NC(=O)/C=C/c1cc(Cl)cc(Cl)c1OC. The number of ether oxygens (including phenoxy) is 1. The Morgan fingerprint density at radius 3 is 2.68 bits per heavy atom. The summed E-state index contributed by atoms with van der Waals surface area (Å²) >= 11 is 12.1. The van der Waals surface area contributed by atoms with Crippen LogP contribution in [0.4, 0.5) is 5.69 Å². The maximum absolute atomic E-state index is 12.3. The zero-order valence-electron chi connectivity index (χ0n) is 14.5. The molecule has 0 heterocycles. The molecule has 2 aromatic carbocycles. The molecule has 25 heavy (non-hydrogen) atoms. The third kappa shape index (κ3) is 5.00. The van der Waals surface area contributed by atoms with E-state index >= 15 is 0 Å². The van der Waals surface area contributed by atoms with Crippen LogP contribution in [-0.4, -0.2) is 13.0 Å². The summed E-state index contributed by atoms with van der Waals surface area (Å²) in [6.45, 7) is 4.26. The third-order valence-corrected chi connectivity index (χ3v) is 4.52. The van der Waals surface area contributed by atoms with Gasteiger partial charge >= 0.3 is 0 Å². The van der Waals surface area contributed by atoms with Crippen LogP contribution in [0.25, 0.3) is 6.08 Å². The van der Waals surface area contributed by atoms with E-state index in [1.807, 2.05) is 24.3 Å². The lowest BCUT2D eigenvalue weighted by Gasteiger charge is -2.14. The molecular formula is C20H21Cl2NO2. The lowest BCUT2D eigenvalue weighted by atomic mass is 9.97. The number of nitrogens with one attached hydrogen (secondary N) is 1. The molecule has 1 amide bonds. The number of halogens is 2. The molecule has 0 radical (unpaired) electrons. The minimum atomic E-state index is -0.228. The number of para-hydroxylation sites is 1. The van der Waals surface area contributed by atoms with Gasteiger partial charge in [0.1, 0.15) is 5.75 Å². The van der Waals surface area contributed by atoms with Crippen molar-refractivity contribution in [3.8, 4) is 5.75 Å². The Morgan fingerprint density at radius 1 is 1.28 bits per heavy atom. The van der Waals surface area contributed by atoms with Crippen molar-refractivity contribution < 1.29 is 9.53 Å². The first-order chi connectivity index (χ1) is 12.0. The van der Waals surface area contributed by atoms with Gasteiger partial charge in [-0.05, 0) is 42.2 Å². The highest BCUT2D eigenvalue weighted by molar-refractivity contribution is 6.36. The maximum Gasteiger partial charge on any atom is 0.248 e. The van der Waals surface area contributed by atoms with Gasteiger partial charge in [-0.2, -0.15) is 0 Å². The average molecular weight is 378 g/mol. The van der Waals surface area contributed by atoms with Crippen LogP contribution in [0.2, 0.25) is 10.0 Å². The summed E-state index contributed by atoms with van der Waals surface area (Å²) < 4.78 is 5.27. The van der Waals surface area contributed by atoms with Gasteiger partial charge in [-0.15, -0.1) is 0 Å². The predicted octanol–water partition coefficient (Wildman–Crippen LogP) is 6.17. The molecule has 0 aliphatic rings. The molecule has 2 aromatic rings.